The number of amides is 1. The summed E-state index contributed by atoms with van der Waals surface area (Å²) in [6.45, 7) is 4.06. The van der Waals surface area contributed by atoms with Gasteiger partial charge in [-0.2, -0.15) is 0 Å². The summed E-state index contributed by atoms with van der Waals surface area (Å²) in [5, 5.41) is 4.92. The van der Waals surface area contributed by atoms with Gasteiger partial charge < -0.3 is 5.32 Å². The molecule has 0 bridgehead atoms. The highest BCUT2D eigenvalue weighted by Crippen LogP contribution is 2.27. The zero-order valence-corrected chi connectivity index (χ0v) is 13.9. The van der Waals surface area contributed by atoms with Crippen molar-refractivity contribution >= 4 is 29.0 Å². The molecule has 1 amide bonds. The van der Waals surface area contributed by atoms with Crippen LogP contribution in [0.1, 0.15) is 24.8 Å². The van der Waals surface area contributed by atoms with Gasteiger partial charge in [-0.1, -0.05) is 19.9 Å². The normalized spacial score (nSPS) is 12.4. The molecule has 1 aromatic carbocycles. The Morgan fingerprint density at radius 2 is 2.09 bits per heavy atom. The van der Waals surface area contributed by atoms with E-state index in [1.807, 2.05) is 31.4 Å². The van der Waals surface area contributed by atoms with Gasteiger partial charge in [0.05, 0.1) is 11.8 Å². The summed E-state index contributed by atoms with van der Waals surface area (Å²) in [6, 6.07) is 7.09. The van der Waals surface area contributed by atoms with Crippen molar-refractivity contribution in [2.75, 3.05) is 5.75 Å². The van der Waals surface area contributed by atoms with Crippen LogP contribution < -0.4 is 5.32 Å². The molecule has 118 valence electrons. The van der Waals surface area contributed by atoms with E-state index in [2.05, 4.69) is 5.32 Å². The molecule has 22 heavy (non-hydrogen) atoms. The number of thiophene rings is 1. The molecular formula is C16H17F2NOS2. The predicted octanol–water partition coefficient (Wildman–Crippen LogP) is 4.63. The SMILES string of the molecule is CC(C)[C@@H](NC(=O)CSc1cc(F)ccc1F)c1cccs1. The van der Waals surface area contributed by atoms with E-state index in [4.69, 9.17) is 0 Å². The summed E-state index contributed by atoms with van der Waals surface area (Å²) in [4.78, 5) is 13.3. The van der Waals surface area contributed by atoms with Gasteiger partial charge in [0.1, 0.15) is 11.6 Å². The minimum absolute atomic E-state index is 0.0506. The highest BCUT2D eigenvalue weighted by Gasteiger charge is 2.19. The van der Waals surface area contributed by atoms with Crippen molar-refractivity contribution in [1.29, 1.82) is 0 Å². The van der Waals surface area contributed by atoms with Gasteiger partial charge in [0.25, 0.3) is 0 Å². The van der Waals surface area contributed by atoms with Gasteiger partial charge in [-0.15, -0.1) is 23.1 Å². The number of nitrogens with one attached hydrogen (secondary N) is 1. The van der Waals surface area contributed by atoms with Crippen molar-refractivity contribution in [3.05, 3.63) is 52.2 Å². The third-order valence-corrected chi connectivity index (χ3v) is 5.07. The largest absolute Gasteiger partial charge is 0.347 e. The number of hydrogen-bond donors (Lipinski definition) is 1. The molecule has 0 unspecified atom stereocenters. The van der Waals surface area contributed by atoms with Crippen LogP contribution in [0.4, 0.5) is 8.78 Å². The van der Waals surface area contributed by atoms with Gasteiger partial charge in [-0.25, -0.2) is 8.78 Å². The molecule has 0 aliphatic rings. The van der Waals surface area contributed by atoms with E-state index < -0.39 is 11.6 Å². The van der Waals surface area contributed by atoms with Gasteiger partial charge >= 0.3 is 0 Å². The van der Waals surface area contributed by atoms with E-state index in [-0.39, 0.29) is 28.5 Å². The predicted molar refractivity (Wildman–Crippen MR) is 87.1 cm³/mol. The molecule has 1 aromatic heterocycles. The Labute approximate surface area is 136 Å². The van der Waals surface area contributed by atoms with Gasteiger partial charge in [-0.05, 0) is 35.6 Å². The van der Waals surface area contributed by atoms with Crippen LogP contribution in [0.25, 0.3) is 0 Å². The Balaban J connectivity index is 1.96. The molecule has 0 aliphatic heterocycles. The van der Waals surface area contributed by atoms with E-state index in [1.165, 1.54) is 0 Å². The fraction of sp³-hybridized carbons (Fsp3) is 0.312. The zero-order valence-electron chi connectivity index (χ0n) is 12.3. The number of carbonyl (C=O) groups excluding carboxylic acids is 1. The monoisotopic (exact) mass is 341 g/mol. The Morgan fingerprint density at radius 1 is 1.32 bits per heavy atom. The average Bonchev–Trinajstić information content (AvgIpc) is 2.99. The summed E-state index contributed by atoms with van der Waals surface area (Å²) < 4.78 is 26.6. The fourth-order valence-corrected chi connectivity index (χ4v) is 3.70. The van der Waals surface area contributed by atoms with Crippen molar-refractivity contribution in [2.45, 2.75) is 24.8 Å². The third kappa shape index (κ3) is 4.55. The molecule has 6 heteroatoms. The van der Waals surface area contributed by atoms with E-state index in [0.717, 1.165) is 34.8 Å². The van der Waals surface area contributed by atoms with Crippen LogP contribution in [-0.2, 0) is 4.79 Å². The lowest BCUT2D eigenvalue weighted by Gasteiger charge is -2.21. The molecular weight excluding hydrogens is 324 g/mol. The molecule has 2 aromatic rings. The van der Waals surface area contributed by atoms with Crippen molar-refractivity contribution in [2.24, 2.45) is 5.92 Å². The van der Waals surface area contributed by atoms with E-state index in [1.54, 1.807) is 11.3 Å². The van der Waals surface area contributed by atoms with Crippen LogP contribution in [0, 0.1) is 17.6 Å². The van der Waals surface area contributed by atoms with Crippen LogP contribution in [0.15, 0.2) is 40.6 Å². The smallest absolute Gasteiger partial charge is 0.230 e. The standard InChI is InChI=1S/C16H17F2NOS2/c1-10(2)16(13-4-3-7-21-13)19-15(20)9-22-14-8-11(17)5-6-12(14)18/h3-8,10,16H,9H2,1-2H3,(H,19,20)/t16-/m1/s1. The number of halogens is 2. The van der Waals surface area contributed by atoms with Crippen molar-refractivity contribution < 1.29 is 13.6 Å². The Bertz CT molecular complexity index is 629. The van der Waals surface area contributed by atoms with Crippen molar-refractivity contribution in [1.82, 2.24) is 5.32 Å². The second kappa shape index (κ2) is 7.74. The maximum Gasteiger partial charge on any atom is 0.230 e. The first-order chi connectivity index (χ1) is 10.5. The number of benzene rings is 1. The van der Waals surface area contributed by atoms with Crippen LogP contribution in [-0.4, -0.2) is 11.7 Å². The minimum atomic E-state index is -0.516. The van der Waals surface area contributed by atoms with Gasteiger partial charge in [0.2, 0.25) is 5.91 Å². The van der Waals surface area contributed by atoms with E-state index >= 15 is 0 Å². The summed E-state index contributed by atoms with van der Waals surface area (Å²) in [6.07, 6.45) is 0. The Hall–Kier alpha value is -1.40. The molecule has 0 fully saturated rings. The van der Waals surface area contributed by atoms with Gasteiger partial charge in [0, 0.05) is 9.77 Å². The third-order valence-electron chi connectivity index (χ3n) is 3.08. The topological polar surface area (TPSA) is 29.1 Å². The summed E-state index contributed by atoms with van der Waals surface area (Å²) in [5.74, 6) is -0.922. The summed E-state index contributed by atoms with van der Waals surface area (Å²) in [7, 11) is 0. The van der Waals surface area contributed by atoms with Crippen molar-refractivity contribution in [3.8, 4) is 0 Å². The number of carbonyl (C=O) groups is 1. The lowest BCUT2D eigenvalue weighted by Crippen LogP contribution is -2.32. The van der Waals surface area contributed by atoms with E-state index in [0.29, 0.717) is 0 Å². The Kier molecular flexibility index (Phi) is 5.97. The number of thioether (sulfide) groups is 1. The molecule has 0 spiro atoms. The molecule has 1 N–H and O–H groups in total. The molecule has 0 saturated carbocycles. The molecule has 2 nitrogen and oxygen atoms in total. The van der Waals surface area contributed by atoms with Crippen LogP contribution in [0.3, 0.4) is 0 Å². The first kappa shape index (κ1) is 17.0. The van der Waals surface area contributed by atoms with Crippen LogP contribution >= 0.6 is 23.1 Å². The molecule has 0 saturated heterocycles. The number of rotatable bonds is 6. The lowest BCUT2D eigenvalue weighted by molar-refractivity contribution is -0.119. The van der Waals surface area contributed by atoms with Gasteiger partial charge in [-0.3, -0.25) is 4.79 Å². The highest BCUT2D eigenvalue weighted by molar-refractivity contribution is 8.00. The summed E-state index contributed by atoms with van der Waals surface area (Å²) >= 11 is 2.59. The molecule has 1 heterocycles. The second-order valence-electron chi connectivity index (χ2n) is 5.17. The maximum absolute atomic E-state index is 13.5. The molecule has 1 atom stereocenters. The molecule has 0 aliphatic carbocycles. The maximum atomic E-state index is 13.5. The fourth-order valence-electron chi connectivity index (χ4n) is 1.98. The molecule has 0 radical (unpaired) electrons. The van der Waals surface area contributed by atoms with Crippen LogP contribution in [0.5, 0.6) is 0 Å². The number of hydrogen-bond acceptors (Lipinski definition) is 3. The van der Waals surface area contributed by atoms with Gasteiger partial charge in [0.15, 0.2) is 0 Å². The van der Waals surface area contributed by atoms with Crippen LogP contribution in [0.2, 0.25) is 0 Å². The second-order valence-corrected chi connectivity index (χ2v) is 7.16. The average molecular weight is 341 g/mol. The Morgan fingerprint density at radius 3 is 2.73 bits per heavy atom. The molecule has 2 rings (SSSR count). The quantitative estimate of drug-likeness (QED) is 0.776. The first-order valence-electron chi connectivity index (χ1n) is 6.88. The first-order valence-corrected chi connectivity index (χ1v) is 8.74. The van der Waals surface area contributed by atoms with Crippen molar-refractivity contribution in [3.63, 3.8) is 0 Å². The highest BCUT2D eigenvalue weighted by atomic mass is 32.2. The summed E-state index contributed by atoms with van der Waals surface area (Å²) in [5.41, 5.74) is 0. The lowest BCUT2D eigenvalue weighted by atomic mass is 10.0. The van der Waals surface area contributed by atoms with E-state index in [9.17, 15) is 13.6 Å². The zero-order chi connectivity index (χ0) is 16.1. The minimum Gasteiger partial charge on any atom is -0.347 e.